The van der Waals surface area contributed by atoms with Crippen LogP contribution in [0.3, 0.4) is 0 Å². The molecule has 0 bridgehead atoms. The Balaban J connectivity index is 1.28. The number of benzene rings is 2. The molecular formula is C29H24F2N6O3. The number of aromatic nitrogens is 5. The van der Waals surface area contributed by atoms with Gasteiger partial charge >= 0.3 is 5.97 Å². The highest BCUT2D eigenvalue weighted by molar-refractivity contribution is 5.89. The Morgan fingerprint density at radius 2 is 1.77 bits per heavy atom. The van der Waals surface area contributed by atoms with Crippen molar-refractivity contribution < 1.29 is 23.2 Å². The second-order valence-corrected chi connectivity index (χ2v) is 9.57. The van der Waals surface area contributed by atoms with E-state index < -0.39 is 11.8 Å². The van der Waals surface area contributed by atoms with Gasteiger partial charge in [0.25, 0.3) is 0 Å². The van der Waals surface area contributed by atoms with Crippen LogP contribution >= 0.6 is 0 Å². The van der Waals surface area contributed by atoms with Gasteiger partial charge in [0.15, 0.2) is 17.5 Å². The van der Waals surface area contributed by atoms with Crippen molar-refractivity contribution in [2.45, 2.75) is 25.3 Å². The Morgan fingerprint density at radius 3 is 2.52 bits per heavy atom. The molecule has 1 saturated heterocycles. The van der Waals surface area contributed by atoms with Crippen LogP contribution in [0, 0.1) is 11.6 Å². The Morgan fingerprint density at radius 1 is 1.00 bits per heavy atom. The summed E-state index contributed by atoms with van der Waals surface area (Å²) in [5.41, 5.74) is 2.97. The number of carbonyl (C=O) groups is 1. The molecular weight excluding hydrogens is 518 g/mol. The standard InChI is InChI=1S/C29H24F2N6O3/c30-22-8-4-1-5-19(22)17-37-26(24-11-14-40-35-24)15-25(34-37)27-32-16-23(31)28(33-27)36-12-9-18(10-13-36)20-6-2-3-7-21(20)29(38)39/h1-8,11,14-16,18H,9-10,12-13,17H2,(H,38,39). The van der Waals surface area contributed by atoms with Gasteiger partial charge in [-0.1, -0.05) is 41.6 Å². The minimum absolute atomic E-state index is 0.0482. The number of anilines is 1. The van der Waals surface area contributed by atoms with E-state index in [2.05, 4.69) is 20.2 Å². The van der Waals surface area contributed by atoms with Crippen LogP contribution in [0.1, 0.15) is 40.2 Å². The van der Waals surface area contributed by atoms with Crippen molar-refractivity contribution in [2.24, 2.45) is 0 Å². The summed E-state index contributed by atoms with van der Waals surface area (Å²) >= 11 is 0. The average Bonchev–Trinajstić information content (AvgIpc) is 3.65. The monoisotopic (exact) mass is 542 g/mol. The molecule has 6 rings (SSSR count). The number of hydrogen-bond donors (Lipinski definition) is 1. The van der Waals surface area contributed by atoms with Crippen LogP contribution in [0.2, 0.25) is 0 Å². The van der Waals surface area contributed by atoms with Gasteiger partial charge in [0.1, 0.15) is 23.5 Å². The van der Waals surface area contributed by atoms with Crippen LogP contribution in [0.25, 0.3) is 22.9 Å². The first-order valence-electron chi connectivity index (χ1n) is 12.8. The number of carboxylic acid groups (broad SMARTS) is 1. The molecule has 3 aromatic heterocycles. The van der Waals surface area contributed by atoms with Crippen LogP contribution in [-0.2, 0) is 6.54 Å². The molecule has 40 heavy (non-hydrogen) atoms. The van der Waals surface area contributed by atoms with E-state index in [4.69, 9.17) is 4.52 Å². The Kier molecular flexibility index (Phi) is 6.77. The molecule has 2 aromatic carbocycles. The number of carboxylic acids is 1. The summed E-state index contributed by atoms with van der Waals surface area (Å²) in [6.45, 7) is 1.13. The van der Waals surface area contributed by atoms with E-state index >= 15 is 0 Å². The SMILES string of the molecule is O=C(O)c1ccccc1C1CCN(c2nc(-c3cc(-c4ccon4)n(Cc4ccccc4F)n3)ncc2F)CC1. The minimum Gasteiger partial charge on any atom is -0.478 e. The highest BCUT2D eigenvalue weighted by Gasteiger charge is 2.27. The van der Waals surface area contributed by atoms with E-state index in [1.54, 1.807) is 47.1 Å². The fourth-order valence-electron chi connectivity index (χ4n) is 5.14. The maximum atomic E-state index is 15.0. The second-order valence-electron chi connectivity index (χ2n) is 9.57. The maximum absolute atomic E-state index is 15.0. The molecule has 0 radical (unpaired) electrons. The highest BCUT2D eigenvalue weighted by atomic mass is 19.1. The molecule has 5 aromatic rings. The summed E-state index contributed by atoms with van der Waals surface area (Å²) in [6, 6.07) is 16.8. The first-order valence-corrected chi connectivity index (χ1v) is 12.8. The lowest BCUT2D eigenvalue weighted by atomic mass is 9.86. The molecule has 11 heteroatoms. The van der Waals surface area contributed by atoms with Gasteiger partial charge < -0.3 is 14.5 Å². The van der Waals surface area contributed by atoms with Gasteiger partial charge in [0.2, 0.25) is 0 Å². The van der Waals surface area contributed by atoms with Crippen molar-refractivity contribution in [1.82, 2.24) is 24.9 Å². The van der Waals surface area contributed by atoms with Crippen LogP contribution in [0.4, 0.5) is 14.6 Å². The molecule has 202 valence electrons. The molecule has 0 spiro atoms. The van der Waals surface area contributed by atoms with E-state index in [1.807, 2.05) is 17.0 Å². The summed E-state index contributed by atoms with van der Waals surface area (Å²) in [7, 11) is 0. The van der Waals surface area contributed by atoms with Crippen molar-refractivity contribution >= 4 is 11.8 Å². The zero-order valence-electron chi connectivity index (χ0n) is 21.2. The van der Waals surface area contributed by atoms with Crippen LogP contribution in [-0.4, -0.2) is 49.1 Å². The zero-order chi connectivity index (χ0) is 27.6. The third kappa shape index (κ3) is 4.93. The van der Waals surface area contributed by atoms with Gasteiger partial charge in [-0.25, -0.2) is 23.5 Å². The quantitative estimate of drug-likeness (QED) is 0.291. The van der Waals surface area contributed by atoms with Gasteiger partial charge in [-0.05, 0) is 42.5 Å². The largest absolute Gasteiger partial charge is 0.478 e. The smallest absolute Gasteiger partial charge is 0.335 e. The Bertz CT molecular complexity index is 1660. The van der Waals surface area contributed by atoms with Gasteiger partial charge in [0.05, 0.1) is 24.0 Å². The molecule has 0 atom stereocenters. The Labute approximate surface area is 227 Å². The van der Waals surface area contributed by atoms with Crippen molar-refractivity contribution in [3.8, 4) is 22.9 Å². The Hall–Kier alpha value is -4.93. The summed E-state index contributed by atoms with van der Waals surface area (Å²) in [6.07, 6.45) is 3.85. The molecule has 0 saturated carbocycles. The summed E-state index contributed by atoms with van der Waals surface area (Å²) in [5.74, 6) is -1.46. The minimum atomic E-state index is -0.955. The van der Waals surface area contributed by atoms with E-state index in [0.717, 1.165) is 11.8 Å². The maximum Gasteiger partial charge on any atom is 0.335 e. The summed E-state index contributed by atoms with van der Waals surface area (Å²) in [4.78, 5) is 22.2. The molecule has 1 fully saturated rings. The van der Waals surface area contributed by atoms with Crippen LogP contribution < -0.4 is 4.90 Å². The number of piperidine rings is 1. The number of aromatic carboxylic acids is 1. The van der Waals surface area contributed by atoms with E-state index in [1.165, 1.54) is 12.3 Å². The lowest BCUT2D eigenvalue weighted by Gasteiger charge is -2.33. The molecule has 1 aliphatic heterocycles. The fourth-order valence-corrected chi connectivity index (χ4v) is 5.14. The summed E-state index contributed by atoms with van der Waals surface area (Å²) < 4.78 is 36.0. The fraction of sp³-hybridized carbons (Fsp3) is 0.207. The van der Waals surface area contributed by atoms with Crippen molar-refractivity contribution in [3.05, 3.63) is 101 Å². The van der Waals surface area contributed by atoms with Crippen LogP contribution in [0.5, 0.6) is 0 Å². The number of rotatable bonds is 7. The van der Waals surface area contributed by atoms with Crippen molar-refractivity contribution in [3.63, 3.8) is 0 Å². The molecule has 0 amide bonds. The van der Waals surface area contributed by atoms with Gasteiger partial charge in [-0.15, -0.1) is 0 Å². The number of nitrogens with zero attached hydrogens (tertiary/aromatic N) is 6. The zero-order valence-corrected chi connectivity index (χ0v) is 21.2. The molecule has 0 aliphatic carbocycles. The average molecular weight is 543 g/mol. The van der Waals surface area contributed by atoms with Gasteiger partial charge in [-0.3, -0.25) is 4.68 Å². The third-order valence-corrected chi connectivity index (χ3v) is 7.14. The van der Waals surface area contributed by atoms with E-state index in [0.29, 0.717) is 54.1 Å². The normalized spacial score (nSPS) is 14.0. The van der Waals surface area contributed by atoms with Crippen molar-refractivity contribution in [1.29, 1.82) is 0 Å². The number of hydrogen-bond acceptors (Lipinski definition) is 7. The molecule has 0 unspecified atom stereocenters. The highest BCUT2D eigenvalue weighted by Crippen LogP contribution is 2.33. The molecule has 1 N–H and O–H groups in total. The summed E-state index contributed by atoms with van der Waals surface area (Å²) in [5, 5.41) is 18.2. The topological polar surface area (TPSA) is 110 Å². The predicted molar refractivity (Wildman–Crippen MR) is 142 cm³/mol. The van der Waals surface area contributed by atoms with Gasteiger partial charge in [0, 0.05) is 24.7 Å². The molecule has 9 nitrogen and oxygen atoms in total. The first kappa shape index (κ1) is 25.4. The third-order valence-electron chi connectivity index (χ3n) is 7.14. The number of halogens is 2. The molecule has 4 heterocycles. The van der Waals surface area contributed by atoms with Crippen molar-refractivity contribution in [2.75, 3.05) is 18.0 Å². The molecule has 1 aliphatic rings. The van der Waals surface area contributed by atoms with Gasteiger partial charge in [-0.2, -0.15) is 5.10 Å². The first-order chi connectivity index (χ1) is 19.5. The lowest BCUT2D eigenvalue weighted by molar-refractivity contribution is 0.0695. The van der Waals surface area contributed by atoms with E-state index in [9.17, 15) is 18.7 Å². The lowest BCUT2D eigenvalue weighted by Crippen LogP contribution is -2.34. The van der Waals surface area contributed by atoms with Crippen LogP contribution in [0.15, 0.2) is 77.6 Å². The predicted octanol–water partition coefficient (Wildman–Crippen LogP) is 5.40. The second kappa shape index (κ2) is 10.7. The van der Waals surface area contributed by atoms with E-state index in [-0.39, 0.29) is 29.9 Å².